The molecule has 0 saturated heterocycles. The highest BCUT2D eigenvalue weighted by molar-refractivity contribution is 7.98. The number of H-pyrrole nitrogens is 1. The standard InChI is InChI=1S/C13H13ClN4OS/c1-2-5-18-12(19)16-17-13(18)20-8-10-4-3-9(7-15)6-11(10)14/h3-4,6H,2,5,8H2,1H3,(H,16,19). The summed E-state index contributed by atoms with van der Waals surface area (Å²) >= 11 is 7.56. The maximum atomic E-state index is 11.6. The Kier molecular flexibility index (Phi) is 4.88. The molecule has 0 saturated carbocycles. The Bertz CT molecular complexity index is 701. The Morgan fingerprint density at radius 1 is 1.55 bits per heavy atom. The topological polar surface area (TPSA) is 74.5 Å². The van der Waals surface area contributed by atoms with E-state index in [4.69, 9.17) is 16.9 Å². The van der Waals surface area contributed by atoms with Gasteiger partial charge in [0.25, 0.3) is 0 Å². The normalized spacial score (nSPS) is 10.4. The molecule has 0 bridgehead atoms. The van der Waals surface area contributed by atoms with Gasteiger partial charge in [-0.05, 0) is 24.1 Å². The summed E-state index contributed by atoms with van der Waals surface area (Å²) in [7, 11) is 0. The SMILES string of the molecule is CCCn1c(SCc2ccc(C#N)cc2Cl)n[nH]c1=O. The Labute approximate surface area is 125 Å². The van der Waals surface area contributed by atoms with Crippen LogP contribution in [0.1, 0.15) is 24.5 Å². The van der Waals surface area contributed by atoms with Crippen LogP contribution in [-0.4, -0.2) is 14.8 Å². The number of nitrogens with one attached hydrogen (secondary N) is 1. The quantitative estimate of drug-likeness (QED) is 0.862. The van der Waals surface area contributed by atoms with Crippen molar-refractivity contribution in [2.24, 2.45) is 0 Å². The highest BCUT2D eigenvalue weighted by atomic mass is 35.5. The van der Waals surface area contributed by atoms with Crippen LogP contribution in [0.15, 0.2) is 28.2 Å². The van der Waals surface area contributed by atoms with Crippen LogP contribution in [0.5, 0.6) is 0 Å². The summed E-state index contributed by atoms with van der Waals surface area (Å²) < 4.78 is 1.61. The number of aromatic nitrogens is 3. The van der Waals surface area contributed by atoms with Crippen LogP contribution in [0.3, 0.4) is 0 Å². The van der Waals surface area contributed by atoms with Gasteiger partial charge in [-0.2, -0.15) is 5.26 Å². The molecule has 0 aliphatic carbocycles. The molecule has 0 aliphatic rings. The molecule has 0 fully saturated rings. The van der Waals surface area contributed by atoms with Gasteiger partial charge in [0, 0.05) is 17.3 Å². The highest BCUT2D eigenvalue weighted by Crippen LogP contribution is 2.25. The summed E-state index contributed by atoms with van der Waals surface area (Å²) in [6.07, 6.45) is 0.866. The molecule has 5 nitrogen and oxygen atoms in total. The van der Waals surface area contributed by atoms with E-state index in [0.717, 1.165) is 12.0 Å². The second-order valence-electron chi connectivity index (χ2n) is 4.17. The van der Waals surface area contributed by atoms with E-state index in [1.165, 1.54) is 11.8 Å². The van der Waals surface area contributed by atoms with E-state index in [1.807, 2.05) is 19.1 Å². The average Bonchev–Trinajstić information content (AvgIpc) is 2.79. The predicted octanol–water partition coefficient (Wildman–Crippen LogP) is 2.80. The average molecular weight is 309 g/mol. The fraction of sp³-hybridized carbons (Fsp3) is 0.308. The summed E-state index contributed by atoms with van der Waals surface area (Å²) in [6.45, 7) is 2.64. The molecule has 0 atom stereocenters. The van der Waals surface area contributed by atoms with Crippen molar-refractivity contribution in [1.29, 1.82) is 5.26 Å². The monoisotopic (exact) mass is 308 g/mol. The van der Waals surface area contributed by atoms with Crippen LogP contribution in [-0.2, 0) is 12.3 Å². The maximum Gasteiger partial charge on any atom is 0.343 e. The van der Waals surface area contributed by atoms with Crippen LogP contribution in [0.2, 0.25) is 5.02 Å². The van der Waals surface area contributed by atoms with E-state index in [1.54, 1.807) is 16.7 Å². The first-order valence-electron chi connectivity index (χ1n) is 6.12. The molecule has 1 N–H and O–H groups in total. The van der Waals surface area contributed by atoms with Crippen LogP contribution in [0.25, 0.3) is 0 Å². The molecule has 0 aliphatic heterocycles. The van der Waals surface area contributed by atoms with Gasteiger partial charge < -0.3 is 0 Å². The van der Waals surface area contributed by atoms with E-state index in [0.29, 0.717) is 28.0 Å². The van der Waals surface area contributed by atoms with Gasteiger partial charge in [-0.15, -0.1) is 5.10 Å². The van der Waals surface area contributed by atoms with Gasteiger partial charge in [0.1, 0.15) is 0 Å². The summed E-state index contributed by atoms with van der Waals surface area (Å²) in [5.74, 6) is 0.596. The molecule has 1 aromatic heterocycles. The highest BCUT2D eigenvalue weighted by Gasteiger charge is 2.09. The van der Waals surface area contributed by atoms with Crippen molar-refractivity contribution in [2.75, 3.05) is 0 Å². The number of benzene rings is 1. The lowest BCUT2D eigenvalue weighted by atomic mass is 10.2. The molecule has 2 aromatic rings. The molecular weight excluding hydrogens is 296 g/mol. The van der Waals surface area contributed by atoms with Gasteiger partial charge in [0.05, 0.1) is 11.6 Å². The molecule has 1 aromatic carbocycles. The van der Waals surface area contributed by atoms with E-state index in [9.17, 15) is 4.79 Å². The number of aromatic amines is 1. The van der Waals surface area contributed by atoms with Gasteiger partial charge in [0.2, 0.25) is 0 Å². The number of hydrogen-bond acceptors (Lipinski definition) is 4. The van der Waals surface area contributed by atoms with Crippen molar-refractivity contribution in [1.82, 2.24) is 14.8 Å². The molecule has 2 rings (SSSR count). The van der Waals surface area contributed by atoms with Crippen molar-refractivity contribution in [3.63, 3.8) is 0 Å². The Morgan fingerprint density at radius 2 is 2.35 bits per heavy atom. The van der Waals surface area contributed by atoms with Gasteiger partial charge >= 0.3 is 5.69 Å². The van der Waals surface area contributed by atoms with E-state index < -0.39 is 0 Å². The third-order valence-corrected chi connectivity index (χ3v) is 4.09. The Morgan fingerprint density at radius 3 is 3.00 bits per heavy atom. The molecule has 0 unspecified atom stereocenters. The lowest BCUT2D eigenvalue weighted by Gasteiger charge is -2.05. The minimum Gasteiger partial charge on any atom is -0.270 e. The minimum atomic E-state index is -0.194. The molecule has 1 heterocycles. The first kappa shape index (κ1) is 14.7. The van der Waals surface area contributed by atoms with Gasteiger partial charge in [0.15, 0.2) is 5.16 Å². The van der Waals surface area contributed by atoms with Crippen LogP contribution in [0, 0.1) is 11.3 Å². The van der Waals surface area contributed by atoms with E-state index >= 15 is 0 Å². The zero-order chi connectivity index (χ0) is 14.5. The number of thioether (sulfide) groups is 1. The number of nitriles is 1. The molecule has 0 radical (unpaired) electrons. The maximum absolute atomic E-state index is 11.6. The van der Waals surface area contributed by atoms with Crippen molar-refractivity contribution < 1.29 is 0 Å². The van der Waals surface area contributed by atoms with Crippen molar-refractivity contribution in [3.05, 3.63) is 44.8 Å². The fourth-order valence-electron chi connectivity index (χ4n) is 1.71. The second-order valence-corrected chi connectivity index (χ2v) is 5.52. The number of halogens is 1. The summed E-state index contributed by atoms with van der Waals surface area (Å²) in [5, 5.41) is 16.5. The fourth-order valence-corrected chi connectivity index (χ4v) is 3.01. The predicted molar refractivity (Wildman–Crippen MR) is 78.9 cm³/mol. The summed E-state index contributed by atoms with van der Waals surface area (Å²) in [4.78, 5) is 11.6. The number of nitrogens with zero attached hydrogens (tertiary/aromatic N) is 3. The number of rotatable bonds is 5. The lowest BCUT2D eigenvalue weighted by molar-refractivity contribution is 0.604. The molecule has 0 amide bonds. The van der Waals surface area contributed by atoms with Crippen LogP contribution >= 0.6 is 23.4 Å². The van der Waals surface area contributed by atoms with Crippen molar-refractivity contribution in [3.8, 4) is 6.07 Å². The smallest absolute Gasteiger partial charge is 0.270 e. The van der Waals surface area contributed by atoms with Crippen molar-refractivity contribution >= 4 is 23.4 Å². The summed E-state index contributed by atoms with van der Waals surface area (Å²) in [5.41, 5.74) is 1.25. The van der Waals surface area contributed by atoms with Crippen LogP contribution < -0.4 is 5.69 Å². The molecule has 0 spiro atoms. The third-order valence-electron chi connectivity index (χ3n) is 2.71. The zero-order valence-corrected chi connectivity index (χ0v) is 12.5. The minimum absolute atomic E-state index is 0.194. The van der Waals surface area contributed by atoms with Gasteiger partial charge in [-0.25, -0.2) is 9.89 Å². The van der Waals surface area contributed by atoms with E-state index in [2.05, 4.69) is 10.2 Å². The van der Waals surface area contributed by atoms with Gasteiger partial charge in [-0.3, -0.25) is 4.57 Å². The second kappa shape index (κ2) is 6.64. The summed E-state index contributed by atoms with van der Waals surface area (Å²) in [6, 6.07) is 7.23. The molecule has 7 heteroatoms. The first-order valence-corrected chi connectivity index (χ1v) is 7.48. The number of hydrogen-bond donors (Lipinski definition) is 1. The lowest BCUT2D eigenvalue weighted by Crippen LogP contribution is -2.17. The Balaban J connectivity index is 2.13. The molecule has 104 valence electrons. The molecular formula is C13H13ClN4OS. The van der Waals surface area contributed by atoms with Crippen molar-refractivity contribution in [2.45, 2.75) is 30.8 Å². The zero-order valence-electron chi connectivity index (χ0n) is 10.9. The van der Waals surface area contributed by atoms with E-state index in [-0.39, 0.29) is 5.69 Å². The van der Waals surface area contributed by atoms with Crippen LogP contribution in [0.4, 0.5) is 0 Å². The largest absolute Gasteiger partial charge is 0.343 e. The third kappa shape index (κ3) is 3.24. The van der Waals surface area contributed by atoms with Gasteiger partial charge in [-0.1, -0.05) is 36.4 Å². The molecule has 20 heavy (non-hydrogen) atoms. The first-order chi connectivity index (χ1) is 9.65. The Hall–Kier alpha value is -1.71.